The van der Waals surface area contributed by atoms with Crippen LogP contribution in [0, 0.1) is 11.8 Å². The van der Waals surface area contributed by atoms with Crippen molar-refractivity contribution in [3.05, 3.63) is 15.6 Å². The second-order valence-electron chi connectivity index (χ2n) is 5.98. The van der Waals surface area contributed by atoms with E-state index in [-0.39, 0.29) is 0 Å². The maximum Gasteiger partial charge on any atom is 0.0965 e. The molecule has 1 heterocycles. The molecule has 2 aliphatic carbocycles. The van der Waals surface area contributed by atoms with Gasteiger partial charge in [-0.15, -0.1) is 11.3 Å². The molecule has 100 valence electrons. The molecule has 3 rings (SSSR count). The second kappa shape index (κ2) is 5.30. The molecule has 18 heavy (non-hydrogen) atoms. The Morgan fingerprint density at radius 1 is 1.33 bits per heavy atom. The van der Waals surface area contributed by atoms with Crippen LogP contribution in [0.25, 0.3) is 0 Å². The lowest BCUT2D eigenvalue weighted by Crippen LogP contribution is -2.08. The number of nitrogens with one attached hydrogen (secondary N) is 1. The van der Waals surface area contributed by atoms with Gasteiger partial charge < -0.3 is 5.32 Å². The van der Waals surface area contributed by atoms with Crippen molar-refractivity contribution in [2.45, 2.75) is 57.9 Å². The van der Waals surface area contributed by atoms with E-state index >= 15 is 0 Å². The average Bonchev–Trinajstić information content (AvgIpc) is 3.05. The smallest absolute Gasteiger partial charge is 0.0965 e. The third kappa shape index (κ3) is 2.23. The predicted octanol–water partition coefficient (Wildman–Crippen LogP) is 3.72. The Hall–Kier alpha value is -0.410. The van der Waals surface area contributed by atoms with Crippen molar-refractivity contribution in [2.24, 2.45) is 11.8 Å². The summed E-state index contributed by atoms with van der Waals surface area (Å²) in [6, 6.07) is 0. The summed E-state index contributed by atoms with van der Waals surface area (Å²) in [6.45, 7) is 3.24. The van der Waals surface area contributed by atoms with E-state index in [0.717, 1.165) is 30.7 Å². The number of hydrogen-bond acceptors (Lipinski definition) is 3. The maximum absolute atomic E-state index is 5.00. The molecule has 0 spiro atoms. The number of aryl methyl sites for hydroxylation is 1. The van der Waals surface area contributed by atoms with Crippen molar-refractivity contribution in [1.82, 2.24) is 10.3 Å². The van der Waals surface area contributed by atoms with Gasteiger partial charge >= 0.3 is 0 Å². The molecule has 1 aromatic rings. The van der Waals surface area contributed by atoms with Gasteiger partial charge in [0, 0.05) is 17.3 Å². The molecular formula is C15H24N2S. The summed E-state index contributed by atoms with van der Waals surface area (Å²) in [6.07, 6.45) is 8.19. The number of nitrogens with zero attached hydrogens (tertiary/aromatic N) is 1. The zero-order chi connectivity index (χ0) is 12.5. The van der Waals surface area contributed by atoms with Crippen LogP contribution in [-0.4, -0.2) is 12.0 Å². The monoisotopic (exact) mass is 264 g/mol. The van der Waals surface area contributed by atoms with Crippen molar-refractivity contribution in [1.29, 1.82) is 0 Å². The summed E-state index contributed by atoms with van der Waals surface area (Å²) in [7, 11) is 2.03. The molecule has 1 N–H and O–H groups in total. The van der Waals surface area contributed by atoms with E-state index in [9.17, 15) is 0 Å². The van der Waals surface area contributed by atoms with E-state index in [0.29, 0.717) is 0 Å². The van der Waals surface area contributed by atoms with E-state index in [4.69, 9.17) is 4.98 Å². The third-order valence-corrected chi connectivity index (χ3v) is 5.90. The highest BCUT2D eigenvalue weighted by Crippen LogP contribution is 2.53. The molecule has 2 nitrogen and oxygen atoms in total. The second-order valence-corrected chi connectivity index (χ2v) is 7.10. The average molecular weight is 264 g/mol. The van der Waals surface area contributed by atoms with E-state index < -0.39 is 0 Å². The molecule has 1 aromatic heterocycles. The molecule has 0 amide bonds. The molecule has 2 fully saturated rings. The minimum absolute atomic E-state index is 0.801. The van der Waals surface area contributed by atoms with Crippen LogP contribution in [0.15, 0.2) is 0 Å². The molecule has 2 aliphatic rings. The fourth-order valence-electron chi connectivity index (χ4n) is 3.84. The van der Waals surface area contributed by atoms with Crippen LogP contribution < -0.4 is 5.32 Å². The molecular weight excluding hydrogens is 240 g/mol. The van der Waals surface area contributed by atoms with Crippen LogP contribution in [0.3, 0.4) is 0 Å². The maximum atomic E-state index is 5.00. The van der Waals surface area contributed by atoms with Crippen molar-refractivity contribution in [3.63, 3.8) is 0 Å². The van der Waals surface area contributed by atoms with Crippen molar-refractivity contribution < 1.29 is 0 Å². The standard InChI is InChI=1S/C15H24N2S/c1-3-4-13-14(9-16-2)18-15(17-13)12-8-10-5-6-11(12)7-10/h10-12,16H,3-9H2,1-2H3. The van der Waals surface area contributed by atoms with E-state index in [2.05, 4.69) is 12.2 Å². The largest absolute Gasteiger partial charge is 0.315 e. The highest BCUT2D eigenvalue weighted by molar-refractivity contribution is 7.11. The van der Waals surface area contributed by atoms with Gasteiger partial charge in [0.25, 0.3) is 0 Å². The lowest BCUT2D eigenvalue weighted by atomic mass is 9.89. The van der Waals surface area contributed by atoms with Crippen LogP contribution in [0.1, 0.15) is 60.5 Å². The molecule has 3 atom stereocenters. The summed E-state index contributed by atoms with van der Waals surface area (Å²) in [4.78, 5) is 6.48. The molecule has 3 heteroatoms. The first kappa shape index (κ1) is 12.6. The highest BCUT2D eigenvalue weighted by Gasteiger charge is 2.41. The van der Waals surface area contributed by atoms with Gasteiger partial charge in [0.2, 0.25) is 0 Å². The van der Waals surface area contributed by atoms with E-state index in [1.807, 2.05) is 18.4 Å². The lowest BCUT2D eigenvalue weighted by molar-refractivity contribution is 0.418. The normalized spacial score (nSPS) is 30.2. The van der Waals surface area contributed by atoms with Crippen LogP contribution >= 0.6 is 11.3 Å². The van der Waals surface area contributed by atoms with Gasteiger partial charge in [-0.1, -0.05) is 19.8 Å². The van der Waals surface area contributed by atoms with Gasteiger partial charge in [-0.3, -0.25) is 0 Å². The van der Waals surface area contributed by atoms with Gasteiger partial charge in [0.05, 0.1) is 10.7 Å². The van der Waals surface area contributed by atoms with Crippen molar-refractivity contribution in [3.8, 4) is 0 Å². The molecule has 2 saturated carbocycles. The van der Waals surface area contributed by atoms with Gasteiger partial charge in [-0.2, -0.15) is 0 Å². The molecule has 0 radical (unpaired) electrons. The van der Waals surface area contributed by atoms with E-state index in [1.165, 1.54) is 47.7 Å². The summed E-state index contributed by atoms with van der Waals surface area (Å²) < 4.78 is 0. The van der Waals surface area contributed by atoms with Crippen LogP contribution in [0.4, 0.5) is 0 Å². The van der Waals surface area contributed by atoms with Crippen molar-refractivity contribution >= 4 is 11.3 Å². The Bertz CT molecular complexity index is 389. The van der Waals surface area contributed by atoms with Gasteiger partial charge in [0.15, 0.2) is 0 Å². The highest BCUT2D eigenvalue weighted by atomic mass is 32.1. The molecule has 2 bridgehead atoms. The quantitative estimate of drug-likeness (QED) is 0.877. The summed E-state index contributed by atoms with van der Waals surface area (Å²) in [5.74, 6) is 2.78. The predicted molar refractivity (Wildman–Crippen MR) is 77.1 cm³/mol. The first-order chi connectivity index (χ1) is 8.81. The molecule has 0 saturated heterocycles. The topological polar surface area (TPSA) is 24.9 Å². The number of hydrogen-bond donors (Lipinski definition) is 1. The fraction of sp³-hybridized carbons (Fsp3) is 0.800. The Labute approximate surface area is 114 Å². The molecule has 0 aromatic carbocycles. The Kier molecular flexibility index (Phi) is 3.71. The number of aromatic nitrogens is 1. The van der Waals surface area contributed by atoms with Crippen LogP contribution in [-0.2, 0) is 13.0 Å². The Balaban J connectivity index is 1.81. The van der Waals surface area contributed by atoms with Crippen molar-refractivity contribution in [2.75, 3.05) is 7.05 Å². The fourth-order valence-corrected chi connectivity index (χ4v) is 5.17. The Morgan fingerprint density at radius 3 is 2.83 bits per heavy atom. The number of thiazole rings is 1. The Morgan fingerprint density at radius 2 is 2.22 bits per heavy atom. The van der Waals surface area contributed by atoms with Crippen LogP contribution in [0.5, 0.6) is 0 Å². The van der Waals surface area contributed by atoms with Crippen LogP contribution in [0.2, 0.25) is 0 Å². The first-order valence-electron chi connectivity index (χ1n) is 7.44. The summed E-state index contributed by atoms with van der Waals surface area (Å²) >= 11 is 1.99. The first-order valence-corrected chi connectivity index (χ1v) is 8.26. The molecule has 3 unspecified atom stereocenters. The summed E-state index contributed by atoms with van der Waals surface area (Å²) in [5.41, 5.74) is 1.37. The lowest BCUT2D eigenvalue weighted by Gasteiger charge is -2.18. The van der Waals surface area contributed by atoms with Gasteiger partial charge in [-0.05, 0) is 44.6 Å². The zero-order valence-electron chi connectivity index (χ0n) is 11.5. The third-order valence-electron chi connectivity index (χ3n) is 4.67. The minimum atomic E-state index is 0.801. The number of fused-ring (bicyclic) bond motifs is 2. The SMILES string of the molecule is CCCc1nc(C2CC3CCC2C3)sc1CNC. The van der Waals surface area contributed by atoms with Gasteiger partial charge in [0.1, 0.15) is 0 Å². The molecule has 0 aliphatic heterocycles. The number of rotatable bonds is 5. The minimum Gasteiger partial charge on any atom is -0.315 e. The zero-order valence-corrected chi connectivity index (χ0v) is 12.4. The van der Waals surface area contributed by atoms with Gasteiger partial charge in [-0.25, -0.2) is 4.98 Å². The van der Waals surface area contributed by atoms with E-state index in [1.54, 1.807) is 0 Å². The summed E-state index contributed by atoms with van der Waals surface area (Å²) in [5, 5.41) is 4.75.